The summed E-state index contributed by atoms with van der Waals surface area (Å²) in [5.41, 5.74) is 0.423. The molecule has 23 heavy (non-hydrogen) atoms. The van der Waals surface area contributed by atoms with Crippen LogP contribution in [-0.4, -0.2) is 16.2 Å². The molecule has 3 aromatic rings. The van der Waals surface area contributed by atoms with E-state index in [1.165, 1.54) is 12.1 Å². The number of hydrogen-bond acceptors (Lipinski definition) is 5. The van der Waals surface area contributed by atoms with Crippen molar-refractivity contribution in [3.8, 4) is 11.5 Å². The Morgan fingerprint density at radius 1 is 1.13 bits per heavy atom. The molecule has 1 heterocycles. The second-order valence-corrected chi connectivity index (χ2v) is 4.95. The number of carbonyl (C=O) groups excluding carboxylic acids is 1. The Morgan fingerprint density at radius 3 is 2.65 bits per heavy atom. The predicted octanol–water partition coefficient (Wildman–Crippen LogP) is 3.89. The largest absolute Gasteiger partial charge is 0.452 e. The van der Waals surface area contributed by atoms with Gasteiger partial charge in [-0.3, -0.25) is 0 Å². The Balaban J connectivity index is 1.70. The average molecular weight is 333 g/mol. The summed E-state index contributed by atoms with van der Waals surface area (Å²) in [6.45, 7) is -0.274. The highest BCUT2D eigenvalue weighted by Gasteiger charge is 2.18. The van der Waals surface area contributed by atoms with Crippen molar-refractivity contribution in [2.24, 2.45) is 0 Å². The molecule has 2 aromatic carbocycles. The molecule has 3 rings (SSSR count). The third-order valence-corrected chi connectivity index (χ3v) is 3.30. The molecule has 0 saturated heterocycles. The van der Waals surface area contributed by atoms with Crippen molar-refractivity contribution in [2.45, 2.75) is 6.61 Å². The van der Waals surface area contributed by atoms with E-state index < -0.39 is 11.8 Å². The number of carbonyl (C=O) groups is 1. The second-order valence-electron chi connectivity index (χ2n) is 4.54. The zero-order valence-corrected chi connectivity index (χ0v) is 12.5. The number of esters is 1. The molecule has 0 aliphatic heterocycles. The number of ether oxygens (including phenoxy) is 1. The summed E-state index contributed by atoms with van der Waals surface area (Å²) < 4.78 is 24.0. The fraction of sp³-hybridized carbons (Fsp3) is 0.0625. The third kappa shape index (κ3) is 3.37. The molecular formula is C16H10ClFN2O3. The van der Waals surface area contributed by atoms with Gasteiger partial charge < -0.3 is 9.15 Å². The molecule has 7 heteroatoms. The van der Waals surface area contributed by atoms with Crippen molar-refractivity contribution in [2.75, 3.05) is 0 Å². The van der Waals surface area contributed by atoms with Crippen LogP contribution in [0, 0.1) is 5.82 Å². The fourth-order valence-corrected chi connectivity index (χ4v) is 2.14. The lowest BCUT2D eigenvalue weighted by molar-refractivity contribution is 0.0433. The summed E-state index contributed by atoms with van der Waals surface area (Å²) in [7, 11) is 0. The maximum Gasteiger partial charge on any atom is 0.343 e. The number of benzene rings is 2. The van der Waals surface area contributed by atoms with E-state index in [1.807, 2.05) is 30.3 Å². The van der Waals surface area contributed by atoms with Crippen molar-refractivity contribution >= 4 is 17.6 Å². The number of rotatable bonds is 4. The zero-order chi connectivity index (χ0) is 16.2. The van der Waals surface area contributed by atoms with Gasteiger partial charge in [0, 0.05) is 5.56 Å². The number of aromatic nitrogens is 2. The van der Waals surface area contributed by atoms with Gasteiger partial charge in [0.2, 0.25) is 5.89 Å². The van der Waals surface area contributed by atoms with Crippen LogP contribution in [0.15, 0.2) is 52.9 Å². The lowest BCUT2D eigenvalue weighted by atomic mass is 10.2. The molecule has 1 aromatic heterocycles. The standard InChI is InChI=1S/C16H10ClFN2O3/c17-11-7-4-8-12(18)14(11)16(21)22-9-13-19-20-15(23-13)10-5-2-1-3-6-10/h1-8H,9H2. The smallest absolute Gasteiger partial charge is 0.343 e. The Labute approximate surface area is 135 Å². The van der Waals surface area contributed by atoms with Gasteiger partial charge in [0.05, 0.1) is 5.02 Å². The Morgan fingerprint density at radius 2 is 1.91 bits per heavy atom. The molecule has 0 aliphatic rings. The molecule has 0 N–H and O–H groups in total. The first kappa shape index (κ1) is 15.2. The molecule has 0 unspecified atom stereocenters. The molecule has 5 nitrogen and oxygen atoms in total. The fourth-order valence-electron chi connectivity index (χ4n) is 1.90. The lowest BCUT2D eigenvalue weighted by Gasteiger charge is -2.04. The molecule has 0 radical (unpaired) electrons. The summed E-state index contributed by atoms with van der Waals surface area (Å²) in [6.07, 6.45) is 0. The zero-order valence-electron chi connectivity index (χ0n) is 11.7. The summed E-state index contributed by atoms with van der Waals surface area (Å²) in [5, 5.41) is 7.62. The lowest BCUT2D eigenvalue weighted by Crippen LogP contribution is -2.08. The maximum absolute atomic E-state index is 13.6. The quantitative estimate of drug-likeness (QED) is 0.678. The molecule has 116 valence electrons. The van der Waals surface area contributed by atoms with Crippen LogP contribution in [0.2, 0.25) is 5.02 Å². The Kier molecular flexibility index (Phi) is 4.34. The van der Waals surface area contributed by atoms with E-state index in [4.69, 9.17) is 20.8 Å². The molecular weight excluding hydrogens is 323 g/mol. The maximum atomic E-state index is 13.6. The van der Waals surface area contributed by atoms with E-state index >= 15 is 0 Å². The first-order chi connectivity index (χ1) is 11.1. The highest BCUT2D eigenvalue weighted by Crippen LogP contribution is 2.21. The summed E-state index contributed by atoms with van der Waals surface area (Å²) in [5.74, 6) is -1.24. The number of halogens is 2. The van der Waals surface area contributed by atoms with Gasteiger partial charge >= 0.3 is 5.97 Å². The second kappa shape index (κ2) is 6.58. The Bertz CT molecular complexity index is 816. The van der Waals surface area contributed by atoms with Gasteiger partial charge in [-0.25, -0.2) is 9.18 Å². The molecule has 0 saturated carbocycles. The normalized spacial score (nSPS) is 10.5. The van der Waals surface area contributed by atoms with E-state index in [0.717, 1.165) is 11.6 Å². The molecule has 0 atom stereocenters. The molecule has 0 spiro atoms. The minimum absolute atomic E-state index is 0.0227. The van der Waals surface area contributed by atoms with Gasteiger partial charge in [0.1, 0.15) is 11.4 Å². The minimum Gasteiger partial charge on any atom is -0.452 e. The van der Waals surface area contributed by atoms with Gasteiger partial charge in [-0.1, -0.05) is 35.9 Å². The van der Waals surface area contributed by atoms with Crippen LogP contribution < -0.4 is 0 Å². The SMILES string of the molecule is O=C(OCc1nnc(-c2ccccc2)o1)c1c(F)cccc1Cl. The van der Waals surface area contributed by atoms with Crippen molar-refractivity contribution in [1.82, 2.24) is 10.2 Å². The minimum atomic E-state index is -0.896. The molecule has 0 amide bonds. The van der Waals surface area contributed by atoms with Crippen LogP contribution in [0.5, 0.6) is 0 Å². The first-order valence-corrected chi connectivity index (χ1v) is 7.02. The number of nitrogens with zero attached hydrogens (tertiary/aromatic N) is 2. The van der Waals surface area contributed by atoms with E-state index in [0.29, 0.717) is 5.89 Å². The first-order valence-electron chi connectivity index (χ1n) is 6.64. The van der Waals surface area contributed by atoms with Crippen LogP contribution >= 0.6 is 11.6 Å². The summed E-state index contributed by atoms with van der Waals surface area (Å²) in [6, 6.07) is 13.1. The summed E-state index contributed by atoms with van der Waals surface area (Å²) >= 11 is 5.80. The van der Waals surface area contributed by atoms with Crippen LogP contribution in [-0.2, 0) is 11.3 Å². The van der Waals surface area contributed by atoms with E-state index in [9.17, 15) is 9.18 Å². The van der Waals surface area contributed by atoms with Gasteiger partial charge in [0.25, 0.3) is 5.89 Å². The predicted molar refractivity (Wildman–Crippen MR) is 80.3 cm³/mol. The molecule has 0 fully saturated rings. The van der Waals surface area contributed by atoms with Crippen molar-refractivity contribution in [3.63, 3.8) is 0 Å². The van der Waals surface area contributed by atoms with Crippen molar-refractivity contribution in [1.29, 1.82) is 0 Å². The monoisotopic (exact) mass is 332 g/mol. The Hall–Kier alpha value is -2.73. The van der Waals surface area contributed by atoms with E-state index in [2.05, 4.69) is 10.2 Å². The number of hydrogen-bond donors (Lipinski definition) is 0. The van der Waals surface area contributed by atoms with E-state index in [-0.39, 0.29) is 23.1 Å². The van der Waals surface area contributed by atoms with Crippen molar-refractivity contribution in [3.05, 3.63) is 70.8 Å². The van der Waals surface area contributed by atoms with Crippen molar-refractivity contribution < 1.29 is 18.3 Å². The van der Waals surface area contributed by atoms with Crippen LogP contribution in [0.3, 0.4) is 0 Å². The van der Waals surface area contributed by atoms with Crippen LogP contribution in [0.1, 0.15) is 16.2 Å². The highest BCUT2D eigenvalue weighted by atomic mass is 35.5. The highest BCUT2D eigenvalue weighted by molar-refractivity contribution is 6.33. The van der Waals surface area contributed by atoms with Gasteiger partial charge in [-0.2, -0.15) is 0 Å². The van der Waals surface area contributed by atoms with Gasteiger partial charge in [-0.05, 0) is 24.3 Å². The van der Waals surface area contributed by atoms with Gasteiger partial charge in [0.15, 0.2) is 6.61 Å². The third-order valence-electron chi connectivity index (χ3n) is 2.98. The topological polar surface area (TPSA) is 65.2 Å². The molecule has 0 bridgehead atoms. The van der Waals surface area contributed by atoms with E-state index in [1.54, 1.807) is 0 Å². The average Bonchev–Trinajstić information content (AvgIpc) is 3.02. The summed E-state index contributed by atoms with van der Waals surface area (Å²) in [4.78, 5) is 11.9. The van der Waals surface area contributed by atoms with Gasteiger partial charge in [-0.15, -0.1) is 10.2 Å². The van der Waals surface area contributed by atoms with Crippen LogP contribution in [0.25, 0.3) is 11.5 Å². The molecule has 0 aliphatic carbocycles. The van der Waals surface area contributed by atoms with Crippen LogP contribution in [0.4, 0.5) is 4.39 Å².